The zero-order chi connectivity index (χ0) is 11.8. The summed E-state index contributed by atoms with van der Waals surface area (Å²) < 4.78 is 3.60. The summed E-state index contributed by atoms with van der Waals surface area (Å²) in [4.78, 5) is 15.0. The molecule has 0 unspecified atom stereocenters. The summed E-state index contributed by atoms with van der Waals surface area (Å²) in [5, 5.41) is 5.16. The van der Waals surface area contributed by atoms with Crippen molar-refractivity contribution in [2.75, 3.05) is 0 Å². The van der Waals surface area contributed by atoms with E-state index in [0.29, 0.717) is 5.56 Å². The van der Waals surface area contributed by atoms with Gasteiger partial charge >= 0.3 is 0 Å². The number of carbonyl (C=O) groups is 1. The molecule has 0 aromatic carbocycles. The van der Waals surface area contributed by atoms with E-state index in [1.165, 1.54) is 6.20 Å². The van der Waals surface area contributed by atoms with Crippen LogP contribution in [0.4, 0.5) is 0 Å². The second-order valence-corrected chi connectivity index (χ2v) is 3.87. The van der Waals surface area contributed by atoms with E-state index in [0.717, 1.165) is 23.0 Å². The first-order valence-corrected chi connectivity index (χ1v) is 5.19. The second-order valence-electron chi connectivity index (χ2n) is 3.87. The molecule has 0 amide bonds. The van der Waals surface area contributed by atoms with Crippen LogP contribution in [0.1, 0.15) is 10.4 Å². The van der Waals surface area contributed by atoms with E-state index in [-0.39, 0.29) is 0 Å². The molecule has 0 atom stereocenters. The van der Waals surface area contributed by atoms with Gasteiger partial charge in [0.1, 0.15) is 5.65 Å². The zero-order valence-corrected chi connectivity index (χ0v) is 9.24. The van der Waals surface area contributed by atoms with Crippen LogP contribution in [0.15, 0.2) is 36.9 Å². The van der Waals surface area contributed by atoms with Crippen molar-refractivity contribution >= 4 is 17.3 Å². The molecule has 0 N–H and O–H groups in total. The Labute approximate surface area is 97.3 Å². The summed E-state index contributed by atoms with van der Waals surface area (Å²) in [5.41, 5.74) is 2.33. The molecule has 17 heavy (non-hydrogen) atoms. The molecule has 0 aliphatic rings. The highest BCUT2D eigenvalue weighted by atomic mass is 16.1. The SMILES string of the molecule is Cn1ccc2cc(-n3cc(C=O)cn3)cnc21. The van der Waals surface area contributed by atoms with Gasteiger partial charge in [-0.2, -0.15) is 5.10 Å². The van der Waals surface area contributed by atoms with Crippen molar-refractivity contribution in [1.29, 1.82) is 0 Å². The minimum atomic E-state index is 0.554. The molecular formula is C12H10N4O. The Morgan fingerprint density at radius 3 is 3.00 bits per heavy atom. The van der Waals surface area contributed by atoms with E-state index < -0.39 is 0 Å². The Bertz CT molecular complexity index is 695. The zero-order valence-electron chi connectivity index (χ0n) is 9.24. The largest absolute Gasteiger partial charge is 0.336 e. The molecule has 3 heterocycles. The lowest BCUT2D eigenvalue weighted by Crippen LogP contribution is -1.96. The molecular weight excluding hydrogens is 216 g/mol. The van der Waals surface area contributed by atoms with Crippen LogP contribution in [0, 0.1) is 0 Å². The van der Waals surface area contributed by atoms with Crippen molar-refractivity contribution in [3.8, 4) is 5.69 Å². The maximum absolute atomic E-state index is 10.6. The summed E-state index contributed by atoms with van der Waals surface area (Å²) in [5.74, 6) is 0. The van der Waals surface area contributed by atoms with E-state index in [9.17, 15) is 4.79 Å². The molecule has 0 saturated carbocycles. The molecule has 3 aromatic heterocycles. The molecule has 0 bridgehead atoms. The number of nitrogens with zero attached hydrogens (tertiary/aromatic N) is 4. The number of carbonyl (C=O) groups excluding carboxylic acids is 1. The predicted molar refractivity (Wildman–Crippen MR) is 63.2 cm³/mol. The van der Waals surface area contributed by atoms with E-state index in [1.54, 1.807) is 17.1 Å². The van der Waals surface area contributed by atoms with E-state index in [1.807, 2.05) is 29.9 Å². The van der Waals surface area contributed by atoms with Gasteiger partial charge in [0.2, 0.25) is 0 Å². The lowest BCUT2D eigenvalue weighted by Gasteiger charge is -2.01. The predicted octanol–water partition coefficient (Wildman–Crippen LogP) is 1.57. The Kier molecular flexibility index (Phi) is 2.04. The summed E-state index contributed by atoms with van der Waals surface area (Å²) in [6, 6.07) is 3.99. The van der Waals surface area contributed by atoms with Crippen LogP contribution in [-0.4, -0.2) is 25.6 Å². The van der Waals surface area contributed by atoms with Gasteiger partial charge in [-0.25, -0.2) is 9.67 Å². The molecule has 0 aliphatic carbocycles. The van der Waals surface area contributed by atoms with Crippen LogP contribution in [-0.2, 0) is 7.05 Å². The van der Waals surface area contributed by atoms with Gasteiger partial charge in [0, 0.05) is 24.8 Å². The van der Waals surface area contributed by atoms with Crippen LogP contribution in [0.5, 0.6) is 0 Å². The molecule has 0 spiro atoms. The fraction of sp³-hybridized carbons (Fsp3) is 0.0833. The number of rotatable bonds is 2. The second kappa shape index (κ2) is 3.55. The number of aryl methyl sites for hydroxylation is 1. The van der Waals surface area contributed by atoms with Gasteiger partial charge in [-0.1, -0.05) is 0 Å². The summed E-state index contributed by atoms with van der Waals surface area (Å²) >= 11 is 0. The first-order valence-electron chi connectivity index (χ1n) is 5.19. The molecule has 0 fully saturated rings. The van der Waals surface area contributed by atoms with E-state index in [4.69, 9.17) is 0 Å². The highest BCUT2D eigenvalue weighted by molar-refractivity contribution is 5.78. The Morgan fingerprint density at radius 2 is 2.24 bits per heavy atom. The van der Waals surface area contributed by atoms with Crippen LogP contribution in [0.3, 0.4) is 0 Å². The molecule has 0 aliphatic heterocycles. The molecule has 0 saturated heterocycles. The van der Waals surface area contributed by atoms with Gasteiger partial charge in [0.05, 0.1) is 23.6 Å². The Balaban J connectivity index is 2.14. The smallest absolute Gasteiger partial charge is 0.153 e. The maximum atomic E-state index is 10.6. The van der Waals surface area contributed by atoms with Gasteiger partial charge in [-0.05, 0) is 12.1 Å². The average Bonchev–Trinajstić information content (AvgIpc) is 2.96. The van der Waals surface area contributed by atoms with Crippen molar-refractivity contribution < 1.29 is 4.79 Å². The lowest BCUT2D eigenvalue weighted by atomic mass is 10.3. The topological polar surface area (TPSA) is 52.7 Å². The fourth-order valence-electron chi connectivity index (χ4n) is 1.81. The first-order chi connectivity index (χ1) is 8.28. The minimum absolute atomic E-state index is 0.554. The third-order valence-corrected chi connectivity index (χ3v) is 2.70. The number of hydrogen-bond donors (Lipinski definition) is 0. The first kappa shape index (κ1) is 9.77. The van der Waals surface area contributed by atoms with Crippen LogP contribution >= 0.6 is 0 Å². The molecule has 3 aromatic rings. The lowest BCUT2D eigenvalue weighted by molar-refractivity contribution is 0.112. The minimum Gasteiger partial charge on any atom is -0.336 e. The van der Waals surface area contributed by atoms with Crippen molar-refractivity contribution in [2.45, 2.75) is 0 Å². The van der Waals surface area contributed by atoms with Gasteiger partial charge in [-0.3, -0.25) is 4.79 Å². The molecule has 0 radical (unpaired) electrons. The van der Waals surface area contributed by atoms with E-state index >= 15 is 0 Å². The number of fused-ring (bicyclic) bond motifs is 1. The highest BCUT2D eigenvalue weighted by Gasteiger charge is 2.04. The third kappa shape index (κ3) is 1.52. The summed E-state index contributed by atoms with van der Waals surface area (Å²) in [7, 11) is 1.95. The molecule has 5 heteroatoms. The molecule has 84 valence electrons. The van der Waals surface area contributed by atoms with Crippen LogP contribution in [0.25, 0.3) is 16.7 Å². The third-order valence-electron chi connectivity index (χ3n) is 2.70. The number of aldehydes is 1. The van der Waals surface area contributed by atoms with Gasteiger partial charge in [-0.15, -0.1) is 0 Å². The summed E-state index contributed by atoms with van der Waals surface area (Å²) in [6.45, 7) is 0. The molecule has 5 nitrogen and oxygen atoms in total. The van der Waals surface area contributed by atoms with E-state index in [2.05, 4.69) is 10.1 Å². The summed E-state index contributed by atoms with van der Waals surface area (Å²) in [6.07, 6.45) is 7.68. The van der Waals surface area contributed by atoms with Crippen molar-refractivity contribution in [2.24, 2.45) is 7.05 Å². The van der Waals surface area contributed by atoms with Crippen LogP contribution in [0.2, 0.25) is 0 Å². The van der Waals surface area contributed by atoms with Gasteiger partial charge < -0.3 is 4.57 Å². The quantitative estimate of drug-likeness (QED) is 0.623. The average molecular weight is 226 g/mol. The van der Waals surface area contributed by atoms with Gasteiger partial charge in [0.25, 0.3) is 0 Å². The number of aromatic nitrogens is 4. The Morgan fingerprint density at radius 1 is 1.35 bits per heavy atom. The molecule has 3 rings (SSSR count). The van der Waals surface area contributed by atoms with Crippen LogP contribution < -0.4 is 0 Å². The number of hydrogen-bond acceptors (Lipinski definition) is 3. The van der Waals surface area contributed by atoms with Gasteiger partial charge in [0.15, 0.2) is 6.29 Å². The normalized spacial score (nSPS) is 10.9. The fourth-order valence-corrected chi connectivity index (χ4v) is 1.81. The maximum Gasteiger partial charge on any atom is 0.153 e. The van der Waals surface area contributed by atoms with Crippen molar-refractivity contribution in [3.05, 3.63) is 42.5 Å². The number of pyridine rings is 1. The highest BCUT2D eigenvalue weighted by Crippen LogP contribution is 2.16. The van der Waals surface area contributed by atoms with Crippen molar-refractivity contribution in [1.82, 2.24) is 19.3 Å². The van der Waals surface area contributed by atoms with Crippen molar-refractivity contribution in [3.63, 3.8) is 0 Å². The Hall–Kier alpha value is -2.43. The standard InChI is InChI=1S/C12H10N4O/c1-15-3-2-10-4-11(6-13-12(10)15)16-7-9(8-17)5-14-16/h2-8H,1H3. The monoisotopic (exact) mass is 226 g/mol.